The van der Waals surface area contributed by atoms with E-state index < -0.39 is 0 Å². The van der Waals surface area contributed by atoms with Crippen molar-refractivity contribution in [1.29, 1.82) is 0 Å². The van der Waals surface area contributed by atoms with E-state index in [0.717, 1.165) is 44.5 Å². The molecule has 2 amide bonds. The number of hydrogen-bond donors (Lipinski definition) is 1. The van der Waals surface area contributed by atoms with E-state index in [4.69, 9.17) is 4.74 Å². The maximum atomic E-state index is 12.3. The molecule has 1 aliphatic carbocycles. The van der Waals surface area contributed by atoms with Crippen LogP contribution >= 0.6 is 0 Å². The van der Waals surface area contributed by atoms with Crippen LogP contribution in [0.4, 0.5) is 4.79 Å². The zero-order valence-corrected chi connectivity index (χ0v) is 14.1. The second-order valence-electron chi connectivity index (χ2n) is 6.90. The lowest BCUT2D eigenvalue weighted by Gasteiger charge is -2.34. The van der Waals surface area contributed by atoms with Gasteiger partial charge in [0.05, 0.1) is 0 Å². The average Bonchev–Trinajstić information content (AvgIpc) is 2.58. The van der Waals surface area contributed by atoms with Crippen LogP contribution < -0.4 is 10.1 Å². The monoisotopic (exact) mass is 316 g/mol. The average molecular weight is 316 g/mol. The van der Waals surface area contributed by atoms with E-state index in [9.17, 15) is 4.79 Å². The third-order valence-electron chi connectivity index (χ3n) is 4.99. The SMILES string of the molecule is Cc1ccc(OC2CCN(C(=O)NC3CCCCC3)CC2)cc1. The molecule has 0 unspecified atom stereocenters. The molecule has 4 nitrogen and oxygen atoms in total. The highest BCUT2D eigenvalue weighted by Crippen LogP contribution is 2.21. The van der Waals surface area contributed by atoms with Gasteiger partial charge in [-0.25, -0.2) is 4.79 Å². The van der Waals surface area contributed by atoms with E-state index in [2.05, 4.69) is 24.4 Å². The van der Waals surface area contributed by atoms with Crippen LogP contribution in [-0.4, -0.2) is 36.2 Å². The first-order valence-electron chi connectivity index (χ1n) is 8.99. The Bertz CT molecular complexity index is 501. The quantitative estimate of drug-likeness (QED) is 0.919. The van der Waals surface area contributed by atoms with E-state index in [1.807, 2.05) is 17.0 Å². The molecule has 1 heterocycles. The van der Waals surface area contributed by atoms with Gasteiger partial charge in [-0.2, -0.15) is 0 Å². The lowest BCUT2D eigenvalue weighted by atomic mass is 9.96. The van der Waals surface area contributed by atoms with Crippen LogP contribution in [0.1, 0.15) is 50.5 Å². The fourth-order valence-electron chi connectivity index (χ4n) is 3.50. The van der Waals surface area contributed by atoms with Gasteiger partial charge in [0.1, 0.15) is 11.9 Å². The van der Waals surface area contributed by atoms with Crippen molar-refractivity contribution in [2.24, 2.45) is 0 Å². The van der Waals surface area contributed by atoms with Gasteiger partial charge in [-0.05, 0) is 31.9 Å². The summed E-state index contributed by atoms with van der Waals surface area (Å²) in [4.78, 5) is 14.3. The van der Waals surface area contributed by atoms with Crippen molar-refractivity contribution < 1.29 is 9.53 Å². The smallest absolute Gasteiger partial charge is 0.317 e. The van der Waals surface area contributed by atoms with Crippen molar-refractivity contribution in [2.45, 2.75) is 64.0 Å². The number of nitrogens with one attached hydrogen (secondary N) is 1. The number of ether oxygens (including phenoxy) is 1. The molecule has 1 aromatic rings. The summed E-state index contributed by atoms with van der Waals surface area (Å²) in [6, 6.07) is 8.70. The first-order chi connectivity index (χ1) is 11.2. The van der Waals surface area contributed by atoms with Gasteiger partial charge in [0, 0.05) is 32.0 Å². The Labute approximate surface area is 139 Å². The van der Waals surface area contributed by atoms with Crippen molar-refractivity contribution in [3.05, 3.63) is 29.8 Å². The molecule has 3 rings (SSSR count). The third kappa shape index (κ3) is 4.63. The predicted octanol–water partition coefficient (Wildman–Crippen LogP) is 3.88. The minimum Gasteiger partial charge on any atom is -0.490 e. The van der Waals surface area contributed by atoms with Crippen molar-refractivity contribution in [3.63, 3.8) is 0 Å². The van der Waals surface area contributed by atoms with Gasteiger partial charge < -0.3 is 15.0 Å². The molecule has 1 N–H and O–H groups in total. The van der Waals surface area contributed by atoms with Gasteiger partial charge in [0.2, 0.25) is 0 Å². The van der Waals surface area contributed by atoms with Gasteiger partial charge in [0.25, 0.3) is 0 Å². The van der Waals surface area contributed by atoms with Gasteiger partial charge >= 0.3 is 6.03 Å². The van der Waals surface area contributed by atoms with Crippen molar-refractivity contribution in [3.8, 4) is 5.75 Å². The molecule has 0 spiro atoms. The Kier molecular flexibility index (Phi) is 5.42. The molecule has 0 atom stereocenters. The molecule has 0 radical (unpaired) electrons. The fourth-order valence-corrected chi connectivity index (χ4v) is 3.50. The highest BCUT2D eigenvalue weighted by molar-refractivity contribution is 5.74. The van der Waals surface area contributed by atoms with Crippen LogP contribution in [0.5, 0.6) is 5.75 Å². The van der Waals surface area contributed by atoms with Gasteiger partial charge in [-0.15, -0.1) is 0 Å². The number of carbonyl (C=O) groups excluding carboxylic acids is 1. The Morgan fingerprint density at radius 2 is 1.70 bits per heavy atom. The minimum absolute atomic E-state index is 0.116. The van der Waals surface area contributed by atoms with E-state index in [1.165, 1.54) is 24.8 Å². The molecule has 2 aliphatic rings. The van der Waals surface area contributed by atoms with Crippen LogP contribution in [0.3, 0.4) is 0 Å². The number of urea groups is 1. The Hall–Kier alpha value is -1.71. The summed E-state index contributed by atoms with van der Waals surface area (Å²) in [6.07, 6.45) is 8.12. The Balaban J connectivity index is 1.42. The van der Waals surface area contributed by atoms with Crippen LogP contribution in [-0.2, 0) is 0 Å². The largest absolute Gasteiger partial charge is 0.490 e. The van der Waals surface area contributed by atoms with Crippen LogP contribution in [0.2, 0.25) is 0 Å². The number of piperidine rings is 1. The standard InChI is InChI=1S/C19H28N2O2/c1-15-7-9-17(10-8-15)23-18-11-13-21(14-12-18)19(22)20-16-5-3-2-4-6-16/h7-10,16,18H,2-6,11-14H2,1H3,(H,20,22). The summed E-state index contributed by atoms with van der Waals surface area (Å²) in [6.45, 7) is 3.65. The number of likely N-dealkylation sites (tertiary alicyclic amines) is 1. The lowest BCUT2D eigenvalue weighted by Crippen LogP contribution is -2.49. The fraction of sp³-hybridized carbons (Fsp3) is 0.632. The topological polar surface area (TPSA) is 41.6 Å². The van der Waals surface area contributed by atoms with Crippen LogP contribution in [0.25, 0.3) is 0 Å². The number of benzene rings is 1. The molecule has 1 aliphatic heterocycles. The van der Waals surface area contributed by atoms with E-state index in [-0.39, 0.29) is 12.1 Å². The van der Waals surface area contributed by atoms with E-state index >= 15 is 0 Å². The molecule has 23 heavy (non-hydrogen) atoms. The third-order valence-corrected chi connectivity index (χ3v) is 4.99. The Morgan fingerprint density at radius 3 is 2.35 bits per heavy atom. The number of nitrogens with zero attached hydrogens (tertiary/aromatic N) is 1. The molecule has 1 aromatic carbocycles. The number of rotatable bonds is 3. The molecule has 126 valence electrons. The van der Waals surface area contributed by atoms with Crippen molar-refractivity contribution in [1.82, 2.24) is 10.2 Å². The molecule has 1 saturated carbocycles. The first-order valence-corrected chi connectivity index (χ1v) is 8.99. The first kappa shape index (κ1) is 16.2. The van der Waals surface area contributed by atoms with Gasteiger partial charge in [-0.3, -0.25) is 0 Å². The number of hydrogen-bond acceptors (Lipinski definition) is 2. The summed E-state index contributed by atoms with van der Waals surface area (Å²) < 4.78 is 6.03. The molecule has 0 bridgehead atoms. The van der Waals surface area contributed by atoms with Crippen LogP contribution in [0.15, 0.2) is 24.3 Å². The molecular formula is C19H28N2O2. The number of carbonyl (C=O) groups is 1. The summed E-state index contributed by atoms with van der Waals surface area (Å²) in [5, 5.41) is 3.21. The summed E-state index contributed by atoms with van der Waals surface area (Å²) >= 11 is 0. The second-order valence-corrected chi connectivity index (χ2v) is 6.90. The summed E-state index contributed by atoms with van der Waals surface area (Å²) in [5.41, 5.74) is 1.24. The Morgan fingerprint density at radius 1 is 1.04 bits per heavy atom. The second kappa shape index (κ2) is 7.71. The summed E-state index contributed by atoms with van der Waals surface area (Å²) in [7, 11) is 0. The van der Waals surface area contributed by atoms with Crippen LogP contribution in [0, 0.1) is 6.92 Å². The number of amides is 2. The molecule has 2 fully saturated rings. The molecular weight excluding hydrogens is 288 g/mol. The van der Waals surface area contributed by atoms with Crippen molar-refractivity contribution in [2.75, 3.05) is 13.1 Å². The highest BCUT2D eigenvalue weighted by atomic mass is 16.5. The predicted molar refractivity (Wildman–Crippen MR) is 91.8 cm³/mol. The van der Waals surface area contributed by atoms with Crippen molar-refractivity contribution >= 4 is 6.03 Å². The molecule has 4 heteroatoms. The maximum Gasteiger partial charge on any atom is 0.317 e. The minimum atomic E-state index is 0.116. The number of aryl methyl sites for hydroxylation is 1. The zero-order chi connectivity index (χ0) is 16.1. The summed E-state index contributed by atoms with van der Waals surface area (Å²) in [5.74, 6) is 0.931. The maximum absolute atomic E-state index is 12.3. The zero-order valence-electron chi connectivity index (χ0n) is 14.1. The van der Waals surface area contributed by atoms with Gasteiger partial charge in [0.15, 0.2) is 0 Å². The highest BCUT2D eigenvalue weighted by Gasteiger charge is 2.25. The molecule has 1 saturated heterocycles. The lowest BCUT2D eigenvalue weighted by molar-refractivity contribution is 0.109. The van der Waals surface area contributed by atoms with Gasteiger partial charge in [-0.1, -0.05) is 37.0 Å². The van der Waals surface area contributed by atoms with E-state index in [1.54, 1.807) is 0 Å². The molecule has 0 aromatic heterocycles. The normalized spacial score (nSPS) is 20.3. The van der Waals surface area contributed by atoms with E-state index in [0.29, 0.717) is 6.04 Å².